The van der Waals surface area contributed by atoms with Crippen molar-refractivity contribution < 1.29 is 12.9 Å². The molecule has 2 aromatic rings. The van der Waals surface area contributed by atoms with Crippen LogP contribution < -0.4 is 0 Å². The lowest BCUT2D eigenvalue weighted by atomic mass is 9.84. The number of aryl methyl sites for hydroxylation is 1. The third-order valence-electron chi connectivity index (χ3n) is 6.18. The molecule has 4 rings (SSSR count). The minimum absolute atomic E-state index is 0.225. The molecule has 0 unspecified atom stereocenters. The highest BCUT2D eigenvalue weighted by molar-refractivity contribution is 7.89. The second-order valence-electron chi connectivity index (χ2n) is 8.15. The fourth-order valence-electron chi connectivity index (χ4n) is 4.66. The summed E-state index contributed by atoms with van der Waals surface area (Å²) in [5.74, 6) is 1.41. The van der Waals surface area contributed by atoms with E-state index in [1.54, 1.807) is 16.4 Å². The van der Waals surface area contributed by atoms with Crippen LogP contribution >= 0.6 is 0 Å². The van der Waals surface area contributed by atoms with Gasteiger partial charge in [0.05, 0.1) is 10.9 Å². The van der Waals surface area contributed by atoms with Crippen LogP contribution in [0.25, 0.3) is 0 Å². The van der Waals surface area contributed by atoms with Gasteiger partial charge in [-0.1, -0.05) is 43.5 Å². The number of aromatic nitrogens is 1. The van der Waals surface area contributed by atoms with Gasteiger partial charge in [0.15, 0.2) is 0 Å². The van der Waals surface area contributed by atoms with Crippen molar-refractivity contribution in [1.29, 1.82) is 0 Å². The topological polar surface area (TPSA) is 63.4 Å². The Morgan fingerprint density at radius 1 is 1.07 bits per heavy atom. The molecule has 1 atom stereocenters. The number of hydrogen-bond acceptors (Lipinski definition) is 4. The molecule has 2 fully saturated rings. The molecule has 28 heavy (non-hydrogen) atoms. The fraction of sp³-hybridized carbons (Fsp3) is 0.591. The summed E-state index contributed by atoms with van der Waals surface area (Å²) >= 11 is 0. The predicted molar refractivity (Wildman–Crippen MR) is 109 cm³/mol. The zero-order chi connectivity index (χ0) is 19.6. The lowest BCUT2D eigenvalue weighted by Gasteiger charge is -2.24. The Labute approximate surface area is 168 Å². The van der Waals surface area contributed by atoms with E-state index in [1.807, 2.05) is 18.2 Å². The van der Waals surface area contributed by atoms with Crippen molar-refractivity contribution in [2.45, 2.75) is 81.6 Å². The van der Waals surface area contributed by atoms with Crippen LogP contribution in [0.2, 0.25) is 0 Å². The van der Waals surface area contributed by atoms with Gasteiger partial charge in [0.2, 0.25) is 10.0 Å². The largest absolute Gasteiger partial charge is 0.361 e. The summed E-state index contributed by atoms with van der Waals surface area (Å²) in [6.07, 6.45) is 9.75. The predicted octanol–water partition coefficient (Wildman–Crippen LogP) is 5.20. The Morgan fingerprint density at radius 3 is 2.54 bits per heavy atom. The molecule has 1 aliphatic carbocycles. The van der Waals surface area contributed by atoms with Gasteiger partial charge in [0.25, 0.3) is 0 Å². The van der Waals surface area contributed by atoms with E-state index >= 15 is 0 Å². The van der Waals surface area contributed by atoms with Crippen LogP contribution in [-0.4, -0.2) is 24.4 Å². The molecule has 0 amide bonds. The van der Waals surface area contributed by atoms with Gasteiger partial charge in [-0.3, -0.25) is 0 Å². The summed E-state index contributed by atoms with van der Waals surface area (Å²) in [5, 5.41) is 4.17. The number of benzene rings is 1. The Morgan fingerprint density at radius 2 is 1.82 bits per heavy atom. The smallest absolute Gasteiger partial charge is 0.243 e. The Hall–Kier alpha value is -1.66. The first kappa shape index (κ1) is 19.6. The Bertz CT molecular complexity index is 883. The van der Waals surface area contributed by atoms with Gasteiger partial charge in [0, 0.05) is 19.0 Å². The SMILES string of the molecule is CCCc1cc([C@H]2CCCN2S(=O)(=O)c2ccc(C3CCCCC3)cc2)no1. The molecule has 1 saturated carbocycles. The first-order valence-electron chi connectivity index (χ1n) is 10.7. The van der Waals surface area contributed by atoms with Crippen LogP contribution in [0.15, 0.2) is 39.8 Å². The van der Waals surface area contributed by atoms with Crippen LogP contribution in [0.3, 0.4) is 0 Å². The van der Waals surface area contributed by atoms with E-state index in [9.17, 15) is 8.42 Å². The molecule has 0 bridgehead atoms. The molecule has 1 saturated heterocycles. The number of sulfonamides is 1. The normalized spacial score (nSPS) is 22.0. The minimum atomic E-state index is -3.53. The zero-order valence-corrected chi connectivity index (χ0v) is 17.5. The highest BCUT2D eigenvalue weighted by Crippen LogP contribution is 2.37. The zero-order valence-electron chi connectivity index (χ0n) is 16.6. The van der Waals surface area contributed by atoms with E-state index in [-0.39, 0.29) is 6.04 Å². The van der Waals surface area contributed by atoms with E-state index in [1.165, 1.54) is 37.7 Å². The quantitative estimate of drug-likeness (QED) is 0.666. The van der Waals surface area contributed by atoms with Gasteiger partial charge in [0.1, 0.15) is 11.5 Å². The van der Waals surface area contributed by atoms with Crippen LogP contribution in [-0.2, 0) is 16.4 Å². The standard InChI is InChI=1S/C22H30N2O3S/c1-2-7-19-16-21(23-27-19)22-10-6-15-24(22)28(25,26)20-13-11-18(12-14-20)17-8-4-3-5-9-17/h11-14,16-17,22H,2-10,15H2,1H3/t22-/m1/s1. The second kappa shape index (κ2) is 8.37. The Kier molecular flexibility index (Phi) is 5.88. The summed E-state index contributed by atoms with van der Waals surface area (Å²) < 4.78 is 33.6. The van der Waals surface area contributed by atoms with E-state index in [2.05, 4.69) is 12.1 Å². The van der Waals surface area contributed by atoms with Gasteiger partial charge < -0.3 is 4.52 Å². The van der Waals surface area contributed by atoms with Crippen molar-refractivity contribution in [1.82, 2.24) is 9.46 Å². The number of nitrogens with zero attached hydrogens (tertiary/aromatic N) is 2. The molecule has 152 valence electrons. The molecule has 0 radical (unpaired) electrons. The molecule has 1 aliphatic heterocycles. The van der Waals surface area contributed by atoms with Gasteiger partial charge in [-0.2, -0.15) is 4.31 Å². The van der Waals surface area contributed by atoms with Crippen molar-refractivity contribution in [2.75, 3.05) is 6.54 Å². The number of rotatable bonds is 6. The highest BCUT2D eigenvalue weighted by Gasteiger charge is 2.38. The molecule has 1 aromatic heterocycles. The first-order valence-corrected chi connectivity index (χ1v) is 12.1. The lowest BCUT2D eigenvalue weighted by molar-refractivity contribution is 0.343. The first-order chi connectivity index (χ1) is 13.6. The maximum atomic E-state index is 13.3. The molecule has 2 aliphatic rings. The summed E-state index contributed by atoms with van der Waals surface area (Å²) in [6, 6.07) is 9.32. The monoisotopic (exact) mass is 402 g/mol. The number of hydrogen-bond donors (Lipinski definition) is 0. The van der Waals surface area contributed by atoms with Crippen molar-refractivity contribution in [3.63, 3.8) is 0 Å². The third kappa shape index (κ3) is 3.90. The minimum Gasteiger partial charge on any atom is -0.361 e. The maximum absolute atomic E-state index is 13.3. The molecule has 6 heteroatoms. The van der Waals surface area contributed by atoms with Crippen LogP contribution in [0, 0.1) is 0 Å². The molecule has 5 nitrogen and oxygen atoms in total. The van der Waals surface area contributed by atoms with E-state index in [0.717, 1.165) is 37.1 Å². The van der Waals surface area contributed by atoms with Crippen molar-refractivity contribution >= 4 is 10.0 Å². The van der Waals surface area contributed by atoms with Crippen LogP contribution in [0.5, 0.6) is 0 Å². The van der Waals surface area contributed by atoms with E-state index in [4.69, 9.17) is 4.52 Å². The van der Waals surface area contributed by atoms with Gasteiger partial charge >= 0.3 is 0 Å². The second-order valence-corrected chi connectivity index (χ2v) is 10.0. The van der Waals surface area contributed by atoms with Crippen molar-refractivity contribution in [3.05, 3.63) is 47.3 Å². The molecule has 1 aromatic carbocycles. The Balaban J connectivity index is 1.54. The maximum Gasteiger partial charge on any atom is 0.243 e. The average Bonchev–Trinajstić information content (AvgIpc) is 3.39. The molecule has 0 N–H and O–H groups in total. The van der Waals surface area contributed by atoms with Gasteiger partial charge in [-0.05, 0) is 55.7 Å². The molecular formula is C22H30N2O3S. The molecular weight excluding hydrogens is 372 g/mol. The summed E-state index contributed by atoms with van der Waals surface area (Å²) in [6.45, 7) is 2.62. The van der Waals surface area contributed by atoms with Gasteiger partial charge in [-0.25, -0.2) is 8.42 Å². The van der Waals surface area contributed by atoms with E-state index in [0.29, 0.717) is 17.4 Å². The average molecular weight is 403 g/mol. The summed E-state index contributed by atoms with van der Waals surface area (Å²) in [7, 11) is -3.53. The van der Waals surface area contributed by atoms with Crippen molar-refractivity contribution in [2.24, 2.45) is 0 Å². The van der Waals surface area contributed by atoms with Crippen molar-refractivity contribution in [3.8, 4) is 0 Å². The van der Waals surface area contributed by atoms with Crippen LogP contribution in [0.4, 0.5) is 0 Å². The lowest BCUT2D eigenvalue weighted by Crippen LogP contribution is -2.30. The molecule has 0 spiro atoms. The highest BCUT2D eigenvalue weighted by atomic mass is 32.2. The summed E-state index contributed by atoms with van der Waals surface area (Å²) in [4.78, 5) is 0.385. The van der Waals surface area contributed by atoms with E-state index < -0.39 is 10.0 Å². The molecule has 2 heterocycles. The van der Waals surface area contributed by atoms with Crippen LogP contribution in [0.1, 0.15) is 87.3 Å². The summed E-state index contributed by atoms with van der Waals surface area (Å²) in [5.41, 5.74) is 2.01. The third-order valence-corrected chi connectivity index (χ3v) is 8.10. The van der Waals surface area contributed by atoms with Gasteiger partial charge in [-0.15, -0.1) is 0 Å². The fourth-order valence-corrected chi connectivity index (χ4v) is 6.33.